The van der Waals surface area contributed by atoms with Crippen molar-refractivity contribution in [3.05, 3.63) is 52.5 Å². The lowest BCUT2D eigenvalue weighted by atomic mass is 10.1. The zero-order valence-corrected chi connectivity index (χ0v) is 13.5. The summed E-state index contributed by atoms with van der Waals surface area (Å²) in [4.78, 5) is 2.02. The lowest BCUT2D eigenvalue weighted by Gasteiger charge is -2.12. The van der Waals surface area contributed by atoms with Gasteiger partial charge >= 0.3 is 0 Å². The van der Waals surface area contributed by atoms with E-state index in [2.05, 4.69) is 15.9 Å². The second kappa shape index (κ2) is 5.54. The first kappa shape index (κ1) is 14.2. The number of halogens is 1. The Hall–Kier alpha value is -1.78. The highest BCUT2D eigenvalue weighted by Gasteiger charge is 2.19. The minimum atomic E-state index is 0.289. The van der Waals surface area contributed by atoms with Gasteiger partial charge in [-0.25, -0.2) is 0 Å². The van der Waals surface area contributed by atoms with Gasteiger partial charge in [0.25, 0.3) is 0 Å². The Balaban J connectivity index is 2.25. The van der Waals surface area contributed by atoms with Crippen LogP contribution in [0, 0.1) is 0 Å². The van der Waals surface area contributed by atoms with Crippen LogP contribution in [0.2, 0.25) is 0 Å². The molecule has 0 bridgehead atoms. The molecule has 0 spiro atoms. The van der Waals surface area contributed by atoms with Crippen LogP contribution in [0.5, 0.6) is 5.75 Å². The SMILES string of the molecule is CN(C)Cc1c(O)ccc2oc(-c3ccccc3)c(Br)c12. The molecular weight excluding hydrogens is 330 g/mol. The van der Waals surface area contributed by atoms with Crippen LogP contribution in [0.3, 0.4) is 0 Å². The number of fused-ring (bicyclic) bond motifs is 1. The van der Waals surface area contributed by atoms with Crippen molar-refractivity contribution in [2.24, 2.45) is 0 Å². The highest BCUT2D eigenvalue weighted by atomic mass is 79.9. The number of aromatic hydroxyl groups is 1. The fourth-order valence-electron chi connectivity index (χ4n) is 2.46. The molecule has 1 heterocycles. The first-order valence-corrected chi connectivity index (χ1v) is 7.50. The third kappa shape index (κ3) is 2.57. The molecule has 2 aromatic carbocycles. The van der Waals surface area contributed by atoms with Gasteiger partial charge in [-0.2, -0.15) is 0 Å². The van der Waals surface area contributed by atoms with E-state index in [9.17, 15) is 5.11 Å². The Morgan fingerprint density at radius 1 is 1.10 bits per heavy atom. The molecule has 21 heavy (non-hydrogen) atoms. The van der Waals surface area contributed by atoms with Crippen LogP contribution >= 0.6 is 15.9 Å². The van der Waals surface area contributed by atoms with Gasteiger partial charge in [0.1, 0.15) is 17.1 Å². The van der Waals surface area contributed by atoms with Gasteiger partial charge in [-0.05, 0) is 42.2 Å². The Morgan fingerprint density at radius 2 is 1.81 bits per heavy atom. The van der Waals surface area contributed by atoms with Gasteiger partial charge in [0.15, 0.2) is 0 Å². The lowest BCUT2D eigenvalue weighted by Crippen LogP contribution is -2.11. The zero-order valence-electron chi connectivity index (χ0n) is 11.9. The third-order valence-corrected chi connectivity index (χ3v) is 4.15. The maximum absolute atomic E-state index is 10.2. The number of nitrogens with zero attached hydrogens (tertiary/aromatic N) is 1. The summed E-state index contributed by atoms with van der Waals surface area (Å²) in [6, 6.07) is 13.4. The van der Waals surface area contributed by atoms with Gasteiger partial charge in [0.2, 0.25) is 0 Å². The monoisotopic (exact) mass is 345 g/mol. The van der Waals surface area contributed by atoms with Crippen molar-refractivity contribution in [3.63, 3.8) is 0 Å². The first-order chi connectivity index (χ1) is 10.1. The van der Waals surface area contributed by atoms with Gasteiger partial charge < -0.3 is 14.4 Å². The molecule has 0 aliphatic heterocycles. The maximum atomic E-state index is 10.2. The molecule has 0 atom stereocenters. The van der Waals surface area contributed by atoms with Crippen LogP contribution in [0.15, 0.2) is 51.4 Å². The van der Waals surface area contributed by atoms with E-state index in [-0.39, 0.29) is 5.75 Å². The van der Waals surface area contributed by atoms with Crippen LogP contribution in [-0.4, -0.2) is 24.1 Å². The molecule has 3 rings (SSSR count). The summed E-state index contributed by atoms with van der Waals surface area (Å²) in [7, 11) is 3.95. The number of hydrogen-bond acceptors (Lipinski definition) is 3. The highest BCUT2D eigenvalue weighted by Crippen LogP contribution is 2.41. The normalized spacial score (nSPS) is 11.4. The van der Waals surface area contributed by atoms with Gasteiger partial charge in [-0.3, -0.25) is 0 Å². The van der Waals surface area contributed by atoms with Crippen molar-refractivity contribution >= 4 is 26.9 Å². The molecule has 1 aromatic heterocycles. The third-order valence-electron chi connectivity index (χ3n) is 3.39. The number of hydrogen-bond donors (Lipinski definition) is 1. The number of phenols is 1. The highest BCUT2D eigenvalue weighted by molar-refractivity contribution is 9.10. The number of rotatable bonds is 3. The minimum Gasteiger partial charge on any atom is -0.508 e. The number of benzene rings is 2. The van der Waals surface area contributed by atoms with E-state index in [1.165, 1.54) is 0 Å². The van der Waals surface area contributed by atoms with Crippen LogP contribution in [-0.2, 0) is 6.54 Å². The van der Waals surface area contributed by atoms with E-state index in [1.807, 2.05) is 49.3 Å². The molecular formula is C17H16BrNO2. The fourth-order valence-corrected chi connectivity index (χ4v) is 3.21. The first-order valence-electron chi connectivity index (χ1n) is 6.71. The molecule has 0 aliphatic carbocycles. The van der Waals surface area contributed by atoms with Crippen molar-refractivity contribution in [2.45, 2.75) is 6.54 Å². The van der Waals surface area contributed by atoms with Gasteiger partial charge in [-0.15, -0.1) is 0 Å². The van der Waals surface area contributed by atoms with E-state index in [4.69, 9.17) is 4.42 Å². The molecule has 4 heteroatoms. The summed E-state index contributed by atoms with van der Waals surface area (Å²) in [6.07, 6.45) is 0. The molecule has 3 aromatic rings. The molecule has 0 saturated heterocycles. The van der Waals surface area contributed by atoms with E-state index >= 15 is 0 Å². The predicted molar refractivity (Wildman–Crippen MR) is 88.4 cm³/mol. The van der Waals surface area contributed by atoms with Gasteiger partial charge in [0, 0.05) is 23.1 Å². The number of furan rings is 1. The molecule has 0 radical (unpaired) electrons. The van der Waals surface area contributed by atoms with Crippen molar-refractivity contribution in [1.82, 2.24) is 4.90 Å². The molecule has 0 aliphatic rings. The smallest absolute Gasteiger partial charge is 0.149 e. The largest absolute Gasteiger partial charge is 0.508 e. The number of phenolic OH excluding ortho intramolecular Hbond substituents is 1. The van der Waals surface area contributed by atoms with Crippen molar-refractivity contribution in [3.8, 4) is 17.1 Å². The topological polar surface area (TPSA) is 36.6 Å². The molecule has 0 amide bonds. The minimum absolute atomic E-state index is 0.289. The summed E-state index contributed by atoms with van der Waals surface area (Å²) in [5.74, 6) is 1.08. The quantitative estimate of drug-likeness (QED) is 0.751. The Morgan fingerprint density at radius 3 is 2.48 bits per heavy atom. The standard InChI is InChI=1S/C17H16BrNO2/c1-19(2)10-12-13(20)8-9-14-15(12)16(18)17(21-14)11-6-4-3-5-7-11/h3-9,20H,10H2,1-2H3. The maximum Gasteiger partial charge on any atom is 0.149 e. The second-order valence-electron chi connectivity index (χ2n) is 5.29. The lowest BCUT2D eigenvalue weighted by molar-refractivity contribution is 0.388. The summed E-state index contributed by atoms with van der Waals surface area (Å²) in [6.45, 7) is 0.648. The van der Waals surface area contributed by atoms with E-state index in [0.717, 1.165) is 32.3 Å². The van der Waals surface area contributed by atoms with Crippen molar-refractivity contribution < 1.29 is 9.52 Å². The van der Waals surface area contributed by atoms with E-state index in [0.29, 0.717) is 6.54 Å². The molecule has 108 valence electrons. The average molecular weight is 346 g/mol. The summed E-state index contributed by atoms with van der Waals surface area (Å²) >= 11 is 3.64. The van der Waals surface area contributed by atoms with E-state index in [1.54, 1.807) is 12.1 Å². The zero-order chi connectivity index (χ0) is 15.0. The summed E-state index contributed by atoms with van der Waals surface area (Å²) in [5, 5.41) is 11.1. The second-order valence-corrected chi connectivity index (χ2v) is 6.08. The van der Waals surface area contributed by atoms with Crippen LogP contribution < -0.4 is 0 Å². The Labute approximate surface area is 131 Å². The molecule has 1 N–H and O–H groups in total. The Bertz CT molecular complexity index is 778. The Kier molecular flexibility index (Phi) is 3.74. The predicted octanol–water partition coefficient (Wildman–Crippen LogP) is 4.63. The molecule has 3 nitrogen and oxygen atoms in total. The molecule has 0 fully saturated rings. The summed E-state index contributed by atoms with van der Waals surface area (Å²) < 4.78 is 6.87. The van der Waals surface area contributed by atoms with Crippen LogP contribution in [0.4, 0.5) is 0 Å². The van der Waals surface area contributed by atoms with Crippen molar-refractivity contribution in [2.75, 3.05) is 14.1 Å². The summed E-state index contributed by atoms with van der Waals surface area (Å²) in [5.41, 5.74) is 2.65. The van der Waals surface area contributed by atoms with Crippen LogP contribution in [0.1, 0.15) is 5.56 Å². The van der Waals surface area contributed by atoms with Crippen molar-refractivity contribution in [1.29, 1.82) is 0 Å². The van der Waals surface area contributed by atoms with E-state index < -0.39 is 0 Å². The fraction of sp³-hybridized carbons (Fsp3) is 0.176. The molecule has 0 saturated carbocycles. The average Bonchev–Trinajstić information content (AvgIpc) is 2.80. The van der Waals surface area contributed by atoms with Gasteiger partial charge in [-0.1, -0.05) is 30.3 Å². The molecule has 0 unspecified atom stereocenters. The van der Waals surface area contributed by atoms with Gasteiger partial charge in [0.05, 0.1) is 4.47 Å². The van der Waals surface area contributed by atoms with Crippen LogP contribution in [0.25, 0.3) is 22.3 Å².